The van der Waals surface area contributed by atoms with Gasteiger partial charge in [0.25, 0.3) is 0 Å². The molecule has 0 saturated carbocycles. The average molecular weight is 264 g/mol. The molecule has 3 heteroatoms. The number of benzene rings is 2. The van der Waals surface area contributed by atoms with Crippen molar-refractivity contribution in [2.45, 2.75) is 23.3 Å². The number of rotatable bonds is 3. The lowest BCUT2D eigenvalue weighted by atomic mass is 10.2. The summed E-state index contributed by atoms with van der Waals surface area (Å²) >= 11 is 7.71. The highest BCUT2D eigenvalue weighted by Gasteiger charge is 2.04. The summed E-state index contributed by atoms with van der Waals surface area (Å²) in [5.74, 6) is 0. The summed E-state index contributed by atoms with van der Waals surface area (Å²) in [4.78, 5) is 2.33. The highest BCUT2D eigenvalue weighted by atomic mass is 35.5. The monoisotopic (exact) mass is 263 g/mol. The Kier molecular flexibility index (Phi) is 4.11. The minimum atomic E-state index is 0.533. The molecule has 0 bridgehead atoms. The molecule has 17 heavy (non-hydrogen) atoms. The third-order valence-corrected chi connectivity index (χ3v) is 3.84. The Hall–Kier alpha value is -0.960. The summed E-state index contributed by atoms with van der Waals surface area (Å²) in [7, 11) is 0. The van der Waals surface area contributed by atoms with Crippen LogP contribution in [0, 0.1) is 6.92 Å². The predicted molar refractivity (Wildman–Crippen MR) is 74.6 cm³/mol. The third kappa shape index (κ3) is 3.25. The van der Waals surface area contributed by atoms with E-state index in [0.717, 1.165) is 15.5 Å². The Bertz CT molecular complexity index is 508. The standard InChI is InChI=1S/C14H14ClNS/c1-10-2-6-13(7-3-10)17-14-8-12(15)5-4-11(14)9-16/h2-8H,9,16H2,1H3. The lowest BCUT2D eigenvalue weighted by Gasteiger charge is -2.08. The van der Waals surface area contributed by atoms with Gasteiger partial charge < -0.3 is 5.73 Å². The molecule has 0 fully saturated rings. The SMILES string of the molecule is Cc1ccc(Sc2cc(Cl)ccc2CN)cc1. The third-order valence-electron chi connectivity index (χ3n) is 2.50. The normalized spacial score (nSPS) is 10.5. The molecular weight excluding hydrogens is 250 g/mol. The Morgan fingerprint density at radius 3 is 2.47 bits per heavy atom. The first-order chi connectivity index (χ1) is 8.19. The van der Waals surface area contributed by atoms with Crippen LogP contribution in [0.3, 0.4) is 0 Å². The zero-order valence-corrected chi connectivity index (χ0v) is 11.2. The van der Waals surface area contributed by atoms with Gasteiger partial charge in [0.05, 0.1) is 0 Å². The van der Waals surface area contributed by atoms with Crippen molar-refractivity contribution in [1.29, 1.82) is 0 Å². The van der Waals surface area contributed by atoms with Crippen molar-refractivity contribution in [2.75, 3.05) is 0 Å². The minimum absolute atomic E-state index is 0.533. The molecule has 0 unspecified atom stereocenters. The van der Waals surface area contributed by atoms with Crippen LogP contribution >= 0.6 is 23.4 Å². The quantitative estimate of drug-likeness (QED) is 0.896. The van der Waals surface area contributed by atoms with E-state index in [1.165, 1.54) is 10.5 Å². The zero-order valence-electron chi connectivity index (χ0n) is 9.61. The fraction of sp³-hybridized carbons (Fsp3) is 0.143. The maximum atomic E-state index is 6.01. The van der Waals surface area contributed by atoms with E-state index in [0.29, 0.717) is 6.54 Å². The Morgan fingerprint density at radius 2 is 1.82 bits per heavy atom. The zero-order chi connectivity index (χ0) is 12.3. The summed E-state index contributed by atoms with van der Waals surface area (Å²) in [5, 5.41) is 0.747. The van der Waals surface area contributed by atoms with E-state index in [1.807, 2.05) is 18.2 Å². The van der Waals surface area contributed by atoms with E-state index in [4.69, 9.17) is 17.3 Å². The molecule has 88 valence electrons. The van der Waals surface area contributed by atoms with E-state index in [9.17, 15) is 0 Å². The first-order valence-electron chi connectivity index (χ1n) is 5.42. The van der Waals surface area contributed by atoms with Gasteiger partial charge >= 0.3 is 0 Å². The van der Waals surface area contributed by atoms with E-state index >= 15 is 0 Å². The molecule has 0 atom stereocenters. The first-order valence-corrected chi connectivity index (χ1v) is 6.61. The van der Waals surface area contributed by atoms with Crippen LogP contribution in [-0.4, -0.2) is 0 Å². The molecule has 2 rings (SSSR count). The number of halogens is 1. The number of hydrogen-bond donors (Lipinski definition) is 1. The molecule has 0 aliphatic rings. The van der Waals surface area contributed by atoms with Gasteiger partial charge in [-0.25, -0.2) is 0 Å². The summed E-state index contributed by atoms with van der Waals surface area (Å²) in [6.45, 7) is 2.62. The van der Waals surface area contributed by atoms with Crippen molar-refractivity contribution in [3.05, 3.63) is 58.6 Å². The van der Waals surface area contributed by atoms with Crippen LogP contribution in [0.25, 0.3) is 0 Å². The van der Waals surface area contributed by atoms with Gasteiger partial charge in [-0.2, -0.15) is 0 Å². The number of nitrogens with two attached hydrogens (primary N) is 1. The molecule has 0 aliphatic carbocycles. The van der Waals surface area contributed by atoms with Crippen molar-refractivity contribution in [2.24, 2.45) is 5.73 Å². The van der Waals surface area contributed by atoms with Gasteiger partial charge in [0.15, 0.2) is 0 Å². The lowest BCUT2D eigenvalue weighted by Crippen LogP contribution is -1.97. The van der Waals surface area contributed by atoms with E-state index in [2.05, 4.69) is 31.2 Å². The van der Waals surface area contributed by atoms with Crippen molar-refractivity contribution in [3.8, 4) is 0 Å². The van der Waals surface area contributed by atoms with E-state index in [1.54, 1.807) is 11.8 Å². The van der Waals surface area contributed by atoms with Crippen LogP contribution < -0.4 is 5.73 Å². The average Bonchev–Trinajstić information content (AvgIpc) is 2.32. The Morgan fingerprint density at radius 1 is 1.12 bits per heavy atom. The summed E-state index contributed by atoms with van der Waals surface area (Å²) < 4.78 is 0. The smallest absolute Gasteiger partial charge is 0.0417 e. The Balaban J connectivity index is 2.28. The van der Waals surface area contributed by atoms with Gasteiger partial charge in [0, 0.05) is 21.4 Å². The lowest BCUT2D eigenvalue weighted by molar-refractivity contribution is 1.03. The maximum Gasteiger partial charge on any atom is 0.0417 e. The van der Waals surface area contributed by atoms with Crippen LogP contribution in [0.1, 0.15) is 11.1 Å². The van der Waals surface area contributed by atoms with Crippen LogP contribution in [0.15, 0.2) is 52.3 Å². The topological polar surface area (TPSA) is 26.0 Å². The van der Waals surface area contributed by atoms with Crippen LogP contribution in [0.4, 0.5) is 0 Å². The molecule has 0 saturated heterocycles. The summed E-state index contributed by atoms with van der Waals surface area (Å²) in [5.41, 5.74) is 8.11. The molecule has 0 aromatic heterocycles. The van der Waals surface area contributed by atoms with Crippen molar-refractivity contribution in [3.63, 3.8) is 0 Å². The van der Waals surface area contributed by atoms with Gasteiger partial charge in [-0.3, -0.25) is 0 Å². The van der Waals surface area contributed by atoms with Crippen molar-refractivity contribution < 1.29 is 0 Å². The van der Waals surface area contributed by atoms with E-state index < -0.39 is 0 Å². The van der Waals surface area contributed by atoms with Crippen molar-refractivity contribution >= 4 is 23.4 Å². The fourth-order valence-corrected chi connectivity index (χ4v) is 2.76. The molecule has 0 amide bonds. The Labute approximate surface area is 111 Å². The highest BCUT2D eigenvalue weighted by molar-refractivity contribution is 7.99. The van der Waals surface area contributed by atoms with Crippen molar-refractivity contribution in [1.82, 2.24) is 0 Å². The molecule has 1 nitrogen and oxygen atoms in total. The second-order valence-electron chi connectivity index (χ2n) is 3.87. The molecule has 2 aromatic carbocycles. The maximum absolute atomic E-state index is 6.01. The first kappa shape index (κ1) is 12.5. The summed E-state index contributed by atoms with van der Waals surface area (Å²) in [6.07, 6.45) is 0. The van der Waals surface area contributed by atoms with Gasteiger partial charge in [0.2, 0.25) is 0 Å². The number of hydrogen-bond acceptors (Lipinski definition) is 2. The van der Waals surface area contributed by atoms with Gasteiger partial charge in [-0.05, 0) is 36.8 Å². The van der Waals surface area contributed by atoms with Gasteiger partial charge in [0.1, 0.15) is 0 Å². The molecule has 0 radical (unpaired) electrons. The minimum Gasteiger partial charge on any atom is -0.326 e. The highest BCUT2D eigenvalue weighted by Crippen LogP contribution is 2.32. The van der Waals surface area contributed by atoms with Crippen LogP contribution in [0.5, 0.6) is 0 Å². The molecule has 0 heterocycles. The molecular formula is C14H14ClNS. The van der Waals surface area contributed by atoms with E-state index in [-0.39, 0.29) is 0 Å². The largest absolute Gasteiger partial charge is 0.326 e. The predicted octanol–water partition coefficient (Wildman–Crippen LogP) is 4.26. The molecule has 2 N–H and O–H groups in total. The number of aryl methyl sites for hydroxylation is 1. The van der Waals surface area contributed by atoms with Crippen LogP contribution in [-0.2, 0) is 6.54 Å². The second kappa shape index (κ2) is 5.58. The van der Waals surface area contributed by atoms with Crippen LogP contribution in [0.2, 0.25) is 5.02 Å². The molecule has 2 aromatic rings. The molecule has 0 aliphatic heterocycles. The second-order valence-corrected chi connectivity index (χ2v) is 5.42. The summed E-state index contributed by atoms with van der Waals surface area (Å²) in [6, 6.07) is 14.3. The molecule has 0 spiro atoms. The van der Waals surface area contributed by atoms with Gasteiger partial charge in [-0.1, -0.05) is 47.1 Å². The fourth-order valence-electron chi connectivity index (χ4n) is 1.53. The van der Waals surface area contributed by atoms with Gasteiger partial charge in [-0.15, -0.1) is 0 Å².